The predicted molar refractivity (Wildman–Crippen MR) is 171 cm³/mol. The monoisotopic (exact) mass is 600 g/mol. The zero-order chi connectivity index (χ0) is 36.7. The third kappa shape index (κ3) is 4.25. The van der Waals surface area contributed by atoms with E-state index in [1.165, 1.54) is 0 Å². The number of aromatic nitrogens is 3. The van der Waals surface area contributed by atoms with E-state index in [1.54, 1.807) is 0 Å². The van der Waals surface area contributed by atoms with Gasteiger partial charge < -0.3 is 0 Å². The summed E-state index contributed by atoms with van der Waals surface area (Å²) >= 11 is -0.959. The van der Waals surface area contributed by atoms with Gasteiger partial charge in [0.2, 0.25) is 0 Å². The van der Waals surface area contributed by atoms with E-state index in [4.69, 9.17) is 30.0 Å². The van der Waals surface area contributed by atoms with Crippen LogP contribution in [0.5, 0.6) is 0 Å². The van der Waals surface area contributed by atoms with Crippen molar-refractivity contribution in [3.05, 3.63) is 139 Å². The van der Waals surface area contributed by atoms with Crippen molar-refractivity contribution in [2.75, 3.05) is 0 Å². The first-order valence-electron chi connectivity index (χ1n) is 18.2. The van der Waals surface area contributed by atoms with Gasteiger partial charge in [-0.3, -0.25) is 0 Å². The molecule has 0 fully saturated rings. The normalized spacial score (nSPS) is 15.2. The topological polar surface area (TPSA) is 38.7 Å². The fraction of sp³-hybridized carbons (Fsp3) is 0. The summed E-state index contributed by atoms with van der Waals surface area (Å²) in [6.45, 7) is 0. The van der Waals surface area contributed by atoms with Crippen molar-refractivity contribution in [2.24, 2.45) is 0 Å². The van der Waals surface area contributed by atoms with Gasteiger partial charge in [-0.05, 0) is 0 Å². The fourth-order valence-electron chi connectivity index (χ4n) is 4.82. The summed E-state index contributed by atoms with van der Waals surface area (Å²) in [4.78, 5) is 14.5. The average Bonchev–Trinajstić information content (AvgIpc) is 3.56. The second kappa shape index (κ2) is 9.94. The van der Waals surface area contributed by atoms with Crippen molar-refractivity contribution in [1.29, 1.82) is 0 Å². The quantitative estimate of drug-likeness (QED) is 0.190. The molecule has 2 aromatic heterocycles. The molecule has 0 aliphatic rings. The van der Waals surface area contributed by atoms with Gasteiger partial charge in [-0.2, -0.15) is 0 Å². The first kappa shape index (κ1) is 15.2. The molecule has 0 saturated carbocycles. The molecule has 3 nitrogen and oxygen atoms in total. The molecule has 0 amide bonds. The van der Waals surface area contributed by atoms with Gasteiger partial charge in [-0.25, -0.2) is 0 Å². The van der Waals surface area contributed by atoms with Gasteiger partial charge >= 0.3 is 259 Å². The summed E-state index contributed by atoms with van der Waals surface area (Å²) in [6, 6.07) is 17.2. The number of rotatable bonds is 4. The van der Waals surface area contributed by atoms with Gasteiger partial charge in [0, 0.05) is 0 Å². The summed E-state index contributed by atoms with van der Waals surface area (Å²) in [5.74, 6) is 0.652. The third-order valence-corrected chi connectivity index (χ3v) is 9.33. The van der Waals surface area contributed by atoms with Crippen LogP contribution in [0.4, 0.5) is 0 Å². The molecule has 8 aromatic rings. The van der Waals surface area contributed by atoms with Crippen LogP contribution in [0.1, 0.15) is 15.1 Å². The Morgan fingerprint density at radius 3 is 1.88 bits per heavy atom. The van der Waals surface area contributed by atoms with Crippen molar-refractivity contribution in [3.63, 3.8) is 0 Å². The first-order valence-corrected chi connectivity index (χ1v) is 14.4. The molecule has 0 unspecified atom stereocenters. The molecule has 0 atom stereocenters. The van der Waals surface area contributed by atoms with Crippen LogP contribution in [0.25, 0.3) is 75.4 Å². The van der Waals surface area contributed by atoms with Crippen LogP contribution in [0.3, 0.4) is 0 Å². The Hall–Kier alpha value is -4.89. The summed E-state index contributed by atoms with van der Waals surface area (Å²) in [5, 5.41) is 2.14. The zero-order valence-corrected chi connectivity index (χ0v) is 22.9. The molecule has 0 saturated heterocycles. The second-order valence-electron chi connectivity index (χ2n) is 9.24. The first-order chi connectivity index (χ1) is 24.9. The van der Waals surface area contributed by atoms with Crippen LogP contribution in [0.15, 0.2) is 139 Å². The van der Waals surface area contributed by atoms with Crippen molar-refractivity contribution in [2.45, 2.75) is 0 Å². The Kier molecular flexibility index (Phi) is 3.69. The van der Waals surface area contributed by atoms with Gasteiger partial charge in [-0.1, -0.05) is 0 Å². The molecule has 6 aromatic carbocycles. The molecule has 0 radical (unpaired) electrons. The van der Waals surface area contributed by atoms with E-state index in [9.17, 15) is 0 Å². The van der Waals surface area contributed by atoms with Crippen LogP contribution in [-0.2, 0) is 0 Å². The summed E-state index contributed by atoms with van der Waals surface area (Å²) in [7, 11) is 0. The summed E-state index contributed by atoms with van der Waals surface area (Å²) < 4.78 is 96.3. The SMILES string of the molecule is [2H]c1c([2H])c([2H])c(-c2c([2H])c([2H])c([2H])c3c2[se]c2c(-c4nc(-c5ccccc5)nc(-c5ccc6ccccc6c5)n4)c([2H])c([2H])c([2H])c23)c([2H])c1[2H]. The Balaban J connectivity index is 1.51. The van der Waals surface area contributed by atoms with Crippen molar-refractivity contribution in [1.82, 2.24) is 15.0 Å². The Bertz CT molecular complexity index is 2790. The number of hydrogen-bond donors (Lipinski definition) is 0. The minimum atomic E-state index is -0.959. The molecular formula is C37H23N3Se. The van der Waals surface area contributed by atoms with Gasteiger partial charge in [0.15, 0.2) is 0 Å². The Labute approximate surface area is 259 Å². The number of benzene rings is 6. The van der Waals surface area contributed by atoms with Gasteiger partial charge in [-0.15, -0.1) is 0 Å². The molecule has 0 N–H and O–H groups in total. The van der Waals surface area contributed by atoms with Crippen LogP contribution in [0, 0.1) is 0 Å². The van der Waals surface area contributed by atoms with E-state index in [0.29, 0.717) is 27.0 Å². The van der Waals surface area contributed by atoms with Gasteiger partial charge in [0.25, 0.3) is 0 Å². The van der Waals surface area contributed by atoms with Crippen molar-refractivity contribution < 1.29 is 15.1 Å². The van der Waals surface area contributed by atoms with E-state index in [1.807, 2.05) is 72.8 Å². The molecule has 4 heteroatoms. The number of nitrogens with zero attached hydrogens (tertiary/aromatic N) is 3. The molecule has 192 valence electrons. The van der Waals surface area contributed by atoms with E-state index in [-0.39, 0.29) is 49.6 Å². The molecule has 0 aliphatic heterocycles. The molecule has 0 aliphatic carbocycles. The third-order valence-electron chi connectivity index (χ3n) is 6.76. The number of hydrogen-bond acceptors (Lipinski definition) is 3. The standard InChI is InChI=1S/C37H23N3Se/c1-3-12-25(13-4-1)29-17-9-18-30-31-19-10-20-32(34(31)41-33(29)30)37-39-35(26-14-5-2-6-15-26)38-36(40-37)28-22-21-24-11-7-8-16-27(24)23-28/h1-23H/i1D,3D,4D,9D,10D,12D,13D,17D,18D,19D,20D. The van der Waals surface area contributed by atoms with Crippen LogP contribution in [0.2, 0.25) is 0 Å². The minimum absolute atomic E-state index is 0.0505. The van der Waals surface area contributed by atoms with E-state index >= 15 is 0 Å². The van der Waals surface area contributed by atoms with Crippen molar-refractivity contribution >= 4 is 44.6 Å². The Morgan fingerprint density at radius 1 is 0.463 bits per heavy atom. The van der Waals surface area contributed by atoms with Gasteiger partial charge in [0.05, 0.1) is 0 Å². The van der Waals surface area contributed by atoms with Crippen molar-refractivity contribution in [3.8, 4) is 45.3 Å². The van der Waals surface area contributed by atoms with Crippen LogP contribution < -0.4 is 0 Å². The van der Waals surface area contributed by atoms with E-state index in [0.717, 1.165) is 10.8 Å². The predicted octanol–water partition coefficient (Wildman–Crippen LogP) is 9.06. The van der Waals surface area contributed by atoms with Gasteiger partial charge in [0.1, 0.15) is 0 Å². The van der Waals surface area contributed by atoms with Crippen LogP contribution >= 0.6 is 0 Å². The molecular weight excluding hydrogens is 565 g/mol. The second-order valence-corrected chi connectivity index (χ2v) is 11.4. The molecule has 0 bridgehead atoms. The van der Waals surface area contributed by atoms with Crippen LogP contribution in [-0.4, -0.2) is 29.5 Å². The fourth-order valence-corrected chi connectivity index (χ4v) is 7.36. The van der Waals surface area contributed by atoms with E-state index in [2.05, 4.69) is 0 Å². The summed E-state index contributed by atoms with van der Waals surface area (Å²) in [6.07, 6.45) is 0. The average molecular weight is 600 g/mol. The molecule has 41 heavy (non-hydrogen) atoms. The molecule has 2 heterocycles. The zero-order valence-electron chi connectivity index (χ0n) is 32.2. The summed E-state index contributed by atoms with van der Waals surface area (Å²) in [5.41, 5.74) is 1.08. The molecule has 8 rings (SSSR count). The molecule has 0 spiro atoms. The van der Waals surface area contributed by atoms with E-state index < -0.39 is 68.9 Å². The number of fused-ring (bicyclic) bond motifs is 4. The Morgan fingerprint density at radius 2 is 1.10 bits per heavy atom. The maximum absolute atomic E-state index is 9.16. The maximum atomic E-state index is 9.16.